The molecule has 7 heteroatoms. The van der Waals surface area contributed by atoms with Gasteiger partial charge in [0.15, 0.2) is 0 Å². The van der Waals surface area contributed by atoms with Gasteiger partial charge in [0.05, 0.1) is 6.04 Å². The first-order valence-corrected chi connectivity index (χ1v) is 5.35. The maximum atomic E-state index is 12.2. The molecule has 1 aliphatic rings. The fraction of sp³-hybridized carbons (Fsp3) is 1.00. The lowest BCUT2D eigenvalue weighted by atomic mass is 10.2. The summed E-state index contributed by atoms with van der Waals surface area (Å²) in [6.07, 6.45) is 0.767. The van der Waals surface area contributed by atoms with Crippen molar-refractivity contribution >= 4 is 10.0 Å². The predicted molar refractivity (Wildman–Crippen MR) is 40.6 cm³/mol. The first-order chi connectivity index (χ1) is 6.00. The minimum Gasteiger partial charge on any atom is -0.249 e. The summed E-state index contributed by atoms with van der Waals surface area (Å²) in [5.74, 6) is -3.44. The quantitative estimate of drug-likeness (QED) is 0.706. The van der Waals surface area contributed by atoms with Crippen LogP contribution in [-0.4, -0.2) is 37.7 Å². The molecule has 1 rings (SSSR count). The van der Waals surface area contributed by atoms with Crippen LogP contribution in [0.5, 0.6) is 0 Å². The van der Waals surface area contributed by atoms with Gasteiger partial charge in [-0.3, -0.25) is 0 Å². The van der Waals surface area contributed by atoms with E-state index in [0.717, 1.165) is 0 Å². The van der Waals surface area contributed by atoms with Gasteiger partial charge in [-0.25, -0.2) is 12.8 Å². The molecule has 0 aromatic rings. The highest BCUT2D eigenvalue weighted by Gasteiger charge is 2.39. The minimum absolute atomic E-state index is 0.00125. The predicted octanol–water partition coefficient (Wildman–Crippen LogP) is 0.973. The molecule has 1 saturated heterocycles. The van der Waals surface area contributed by atoms with Gasteiger partial charge in [0, 0.05) is 6.54 Å². The lowest BCUT2D eigenvalue weighted by molar-refractivity contribution is 0.211. The second-order valence-corrected chi connectivity index (χ2v) is 4.72. The van der Waals surface area contributed by atoms with E-state index < -0.39 is 28.5 Å². The molecule has 3 nitrogen and oxygen atoms in total. The molecule has 0 aromatic carbocycles. The summed E-state index contributed by atoms with van der Waals surface area (Å²) in [4.78, 5) is 0. The zero-order chi connectivity index (χ0) is 10.1. The molecular weight excluding hydrogens is 207 g/mol. The summed E-state index contributed by atoms with van der Waals surface area (Å²) >= 11 is 0. The summed E-state index contributed by atoms with van der Waals surface area (Å²) < 4.78 is 58.6. The Balaban J connectivity index is 2.82. The van der Waals surface area contributed by atoms with E-state index in [4.69, 9.17) is 0 Å². The van der Waals surface area contributed by atoms with Crippen molar-refractivity contribution in [1.29, 1.82) is 0 Å². The van der Waals surface area contributed by atoms with Crippen LogP contribution in [0.4, 0.5) is 13.2 Å². The number of nitrogens with zero attached hydrogens (tertiary/aromatic N) is 1. The monoisotopic (exact) mass is 217 g/mol. The number of halogens is 3. The SMILES string of the molecule is O=S(=O)(C(F)F)N1CCCC1CF. The van der Waals surface area contributed by atoms with Crippen molar-refractivity contribution in [3.05, 3.63) is 0 Å². The zero-order valence-corrected chi connectivity index (χ0v) is 7.61. The highest BCUT2D eigenvalue weighted by molar-refractivity contribution is 7.89. The Morgan fingerprint density at radius 3 is 2.54 bits per heavy atom. The molecule has 0 aliphatic carbocycles. The summed E-state index contributed by atoms with van der Waals surface area (Å²) in [5, 5.41) is 0. The Morgan fingerprint density at radius 2 is 2.08 bits per heavy atom. The van der Waals surface area contributed by atoms with Crippen molar-refractivity contribution in [2.24, 2.45) is 0 Å². The summed E-state index contributed by atoms with van der Waals surface area (Å²) in [6.45, 7) is -0.896. The molecule has 0 aromatic heterocycles. The molecule has 0 bridgehead atoms. The fourth-order valence-electron chi connectivity index (χ4n) is 1.40. The Hall–Kier alpha value is -0.300. The van der Waals surface area contributed by atoms with Crippen LogP contribution < -0.4 is 0 Å². The topological polar surface area (TPSA) is 37.4 Å². The zero-order valence-electron chi connectivity index (χ0n) is 6.79. The lowest BCUT2D eigenvalue weighted by Crippen LogP contribution is -2.39. The fourth-order valence-corrected chi connectivity index (χ4v) is 2.57. The van der Waals surface area contributed by atoms with E-state index in [2.05, 4.69) is 0 Å². The van der Waals surface area contributed by atoms with Crippen LogP contribution in [-0.2, 0) is 10.0 Å². The van der Waals surface area contributed by atoms with E-state index in [-0.39, 0.29) is 6.54 Å². The largest absolute Gasteiger partial charge is 0.350 e. The molecule has 0 saturated carbocycles. The van der Waals surface area contributed by atoms with Gasteiger partial charge in [0.1, 0.15) is 6.67 Å². The normalized spacial score (nSPS) is 25.7. The molecule has 0 spiro atoms. The van der Waals surface area contributed by atoms with Gasteiger partial charge in [0.2, 0.25) is 0 Å². The average molecular weight is 217 g/mol. The van der Waals surface area contributed by atoms with Crippen molar-refractivity contribution in [3.63, 3.8) is 0 Å². The summed E-state index contributed by atoms with van der Waals surface area (Å²) in [5.41, 5.74) is 0. The van der Waals surface area contributed by atoms with Crippen LogP contribution in [0.15, 0.2) is 0 Å². The molecule has 0 amide bonds. The first kappa shape index (κ1) is 10.8. The van der Waals surface area contributed by atoms with Gasteiger partial charge < -0.3 is 0 Å². The molecular formula is C6H10F3NO2S. The molecule has 1 fully saturated rings. The third-order valence-corrected chi connectivity index (χ3v) is 3.64. The Morgan fingerprint density at radius 1 is 1.46 bits per heavy atom. The molecule has 0 radical (unpaired) electrons. The van der Waals surface area contributed by atoms with E-state index in [9.17, 15) is 21.6 Å². The van der Waals surface area contributed by atoms with Crippen molar-refractivity contribution in [1.82, 2.24) is 4.31 Å². The third-order valence-electron chi connectivity index (χ3n) is 2.05. The standard InChI is InChI=1S/C6H10F3NO2S/c7-4-5-2-1-3-10(5)13(11,12)6(8)9/h5-6H,1-4H2. The average Bonchev–Trinajstić information content (AvgIpc) is 2.51. The van der Waals surface area contributed by atoms with E-state index in [0.29, 0.717) is 17.1 Å². The van der Waals surface area contributed by atoms with E-state index in [1.54, 1.807) is 0 Å². The number of rotatable bonds is 3. The van der Waals surface area contributed by atoms with Gasteiger partial charge in [0.25, 0.3) is 10.0 Å². The second kappa shape index (κ2) is 3.83. The third kappa shape index (κ3) is 1.96. The maximum Gasteiger partial charge on any atom is 0.350 e. The maximum absolute atomic E-state index is 12.2. The van der Waals surface area contributed by atoms with Gasteiger partial charge >= 0.3 is 5.76 Å². The minimum atomic E-state index is -4.58. The van der Waals surface area contributed by atoms with E-state index in [1.807, 2.05) is 0 Å². The molecule has 1 aliphatic heterocycles. The second-order valence-electron chi connectivity index (χ2n) is 2.87. The van der Waals surface area contributed by atoms with E-state index >= 15 is 0 Å². The van der Waals surface area contributed by atoms with Crippen LogP contribution in [0.25, 0.3) is 0 Å². The summed E-state index contributed by atoms with van der Waals surface area (Å²) in [6, 6.07) is -0.890. The number of sulfonamides is 1. The van der Waals surface area contributed by atoms with E-state index in [1.165, 1.54) is 0 Å². The number of hydrogen-bond acceptors (Lipinski definition) is 2. The van der Waals surface area contributed by atoms with Crippen molar-refractivity contribution in [3.8, 4) is 0 Å². The van der Waals surface area contributed by atoms with Crippen LogP contribution in [0.2, 0.25) is 0 Å². The molecule has 1 unspecified atom stereocenters. The van der Waals surface area contributed by atoms with Crippen molar-refractivity contribution in [2.45, 2.75) is 24.6 Å². The molecule has 0 N–H and O–H groups in total. The molecule has 1 heterocycles. The first-order valence-electron chi connectivity index (χ1n) is 3.85. The van der Waals surface area contributed by atoms with Crippen LogP contribution in [0, 0.1) is 0 Å². The highest BCUT2D eigenvalue weighted by atomic mass is 32.2. The number of hydrogen-bond donors (Lipinski definition) is 0. The van der Waals surface area contributed by atoms with Gasteiger partial charge in [-0.15, -0.1) is 0 Å². The van der Waals surface area contributed by atoms with Crippen LogP contribution in [0.1, 0.15) is 12.8 Å². The molecule has 78 valence electrons. The van der Waals surface area contributed by atoms with Crippen LogP contribution in [0.3, 0.4) is 0 Å². The lowest BCUT2D eigenvalue weighted by Gasteiger charge is -2.20. The van der Waals surface area contributed by atoms with Crippen molar-refractivity contribution in [2.75, 3.05) is 13.2 Å². The number of alkyl halides is 3. The Labute approximate surface area is 74.6 Å². The van der Waals surface area contributed by atoms with Gasteiger partial charge in [-0.05, 0) is 12.8 Å². The van der Waals surface area contributed by atoms with Crippen LogP contribution >= 0.6 is 0 Å². The van der Waals surface area contributed by atoms with Crippen molar-refractivity contribution < 1.29 is 21.6 Å². The molecule has 13 heavy (non-hydrogen) atoms. The molecule has 1 atom stereocenters. The summed E-state index contributed by atoms with van der Waals surface area (Å²) in [7, 11) is -4.58. The highest BCUT2D eigenvalue weighted by Crippen LogP contribution is 2.24. The van der Waals surface area contributed by atoms with Gasteiger partial charge in [-0.1, -0.05) is 0 Å². The van der Waals surface area contributed by atoms with Gasteiger partial charge in [-0.2, -0.15) is 13.1 Å². The smallest absolute Gasteiger partial charge is 0.249 e. The Kier molecular flexibility index (Phi) is 3.18. The Bertz CT molecular complexity index is 267.